The van der Waals surface area contributed by atoms with Gasteiger partial charge in [-0.25, -0.2) is 4.98 Å². The Hall–Kier alpha value is -2.64. The summed E-state index contributed by atoms with van der Waals surface area (Å²) in [4.78, 5) is 31.6. The van der Waals surface area contributed by atoms with Crippen LogP contribution < -0.4 is 0 Å². The summed E-state index contributed by atoms with van der Waals surface area (Å²) in [5, 5.41) is 0.800. The number of amides is 1. The fourth-order valence-electron chi connectivity index (χ4n) is 3.87. The molecule has 1 amide bonds. The number of rotatable bonds is 6. The van der Waals surface area contributed by atoms with E-state index in [9.17, 15) is 4.79 Å². The zero-order chi connectivity index (χ0) is 20.9. The van der Waals surface area contributed by atoms with E-state index in [0.717, 1.165) is 65.9 Å². The van der Waals surface area contributed by atoms with Crippen LogP contribution >= 0.6 is 11.3 Å². The van der Waals surface area contributed by atoms with Gasteiger partial charge in [-0.3, -0.25) is 14.8 Å². The molecule has 0 spiro atoms. The number of carbonyl (C=O) groups excluding carboxylic acids is 1. The van der Waals surface area contributed by atoms with Crippen LogP contribution in [0.2, 0.25) is 0 Å². The highest BCUT2D eigenvalue weighted by molar-refractivity contribution is 7.17. The normalized spacial score (nSPS) is 15.3. The minimum atomic E-state index is 0.0686. The molecule has 0 radical (unpaired) electrons. The molecular formula is C23H27N5OS. The molecule has 6 nitrogen and oxygen atoms in total. The maximum absolute atomic E-state index is 13.2. The van der Waals surface area contributed by atoms with Crippen LogP contribution in [0.3, 0.4) is 0 Å². The second kappa shape index (κ2) is 9.45. The van der Waals surface area contributed by atoms with E-state index in [1.165, 1.54) is 11.3 Å². The number of piperidine rings is 1. The number of carbonyl (C=O) groups is 1. The van der Waals surface area contributed by atoms with Crippen molar-refractivity contribution in [2.45, 2.75) is 32.2 Å². The second-order valence-electron chi connectivity index (χ2n) is 7.71. The molecule has 0 aliphatic carbocycles. The van der Waals surface area contributed by atoms with Gasteiger partial charge in [0, 0.05) is 57.2 Å². The van der Waals surface area contributed by atoms with Crippen LogP contribution in [-0.2, 0) is 6.42 Å². The number of likely N-dealkylation sites (tertiary alicyclic amines) is 1. The number of pyridine rings is 2. The molecule has 4 heterocycles. The molecule has 7 heteroatoms. The van der Waals surface area contributed by atoms with Gasteiger partial charge in [-0.15, -0.1) is 11.3 Å². The van der Waals surface area contributed by atoms with Gasteiger partial charge in [0.1, 0.15) is 9.88 Å². The first-order chi connectivity index (χ1) is 14.6. The van der Waals surface area contributed by atoms with E-state index in [1.807, 2.05) is 55.4 Å². The molecule has 30 heavy (non-hydrogen) atoms. The van der Waals surface area contributed by atoms with E-state index in [1.54, 1.807) is 6.20 Å². The van der Waals surface area contributed by atoms with Crippen molar-refractivity contribution in [3.05, 3.63) is 65.1 Å². The van der Waals surface area contributed by atoms with Gasteiger partial charge < -0.3 is 9.80 Å². The Balaban J connectivity index is 1.33. The summed E-state index contributed by atoms with van der Waals surface area (Å²) in [6, 6.07) is 12.1. The Kier molecular flexibility index (Phi) is 6.50. The molecule has 3 aromatic rings. The van der Waals surface area contributed by atoms with Gasteiger partial charge in [-0.2, -0.15) is 0 Å². The molecule has 4 rings (SSSR count). The van der Waals surface area contributed by atoms with Crippen LogP contribution in [0.25, 0.3) is 10.7 Å². The van der Waals surface area contributed by atoms with Crippen molar-refractivity contribution in [2.75, 3.05) is 26.7 Å². The molecule has 0 unspecified atom stereocenters. The molecule has 0 atom stereocenters. The molecule has 156 valence electrons. The molecule has 0 N–H and O–H groups in total. The molecule has 1 aliphatic heterocycles. The maximum atomic E-state index is 13.2. The highest BCUT2D eigenvalue weighted by atomic mass is 32.1. The number of aryl methyl sites for hydroxylation is 1. The Bertz CT molecular complexity index is 968. The van der Waals surface area contributed by atoms with Crippen molar-refractivity contribution in [2.24, 2.45) is 0 Å². The summed E-state index contributed by atoms with van der Waals surface area (Å²) >= 11 is 1.44. The minimum absolute atomic E-state index is 0.0686. The van der Waals surface area contributed by atoms with Crippen molar-refractivity contribution >= 4 is 17.2 Å². The topological polar surface area (TPSA) is 62.2 Å². The molecule has 1 fully saturated rings. The molecular weight excluding hydrogens is 394 g/mol. The van der Waals surface area contributed by atoms with Crippen LogP contribution in [0.15, 0.2) is 48.8 Å². The Labute approximate surface area is 181 Å². The van der Waals surface area contributed by atoms with Crippen molar-refractivity contribution in [3.8, 4) is 10.7 Å². The Morgan fingerprint density at radius 1 is 1.13 bits per heavy atom. The van der Waals surface area contributed by atoms with E-state index in [-0.39, 0.29) is 11.9 Å². The number of hydrogen-bond acceptors (Lipinski definition) is 6. The van der Waals surface area contributed by atoms with Crippen molar-refractivity contribution < 1.29 is 4.79 Å². The van der Waals surface area contributed by atoms with Gasteiger partial charge in [-0.05, 0) is 44.0 Å². The lowest BCUT2D eigenvalue weighted by molar-refractivity contribution is 0.0647. The van der Waals surface area contributed by atoms with E-state index in [0.29, 0.717) is 0 Å². The second-order valence-corrected chi connectivity index (χ2v) is 8.71. The SMILES string of the molecule is Cc1nc(-c2ccccn2)sc1C(=O)N(C)C1CCN(CCc2ccccn2)CC1. The summed E-state index contributed by atoms with van der Waals surface area (Å²) in [5.74, 6) is 0.0686. The van der Waals surface area contributed by atoms with Crippen LogP contribution in [0.4, 0.5) is 0 Å². The number of aromatic nitrogens is 3. The average Bonchev–Trinajstić information content (AvgIpc) is 3.20. The summed E-state index contributed by atoms with van der Waals surface area (Å²) in [6.07, 6.45) is 6.56. The van der Waals surface area contributed by atoms with Crippen molar-refractivity contribution in [1.82, 2.24) is 24.8 Å². The van der Waals surface area contributed by atoms with Crippen LogP contribution in [0.5, 0.6) is 0 Å². The first kappa shape index (κ1) is 20.6. The van der Waals surface area contributed by atoms with Gasteiger partial charge in [0.25, 0.3) is 5.91 Å². The third-order valence-electron chi connectivity index (χ3n) is 5.71. The highest BCUT2D eigenvalue weighted by Crippen LogP contribution is 2.28. The lowest BCUT2D eigenvalue weighted by atomic mass is 10.0. The summed E-state index contributed by atoms with van der Waals surface area (Å²) in [7, 11) is 1.93. The molecule has 0 aromatic carbocycles. The zero-order valence-electron chi connectivity index (χ0n) is 17.5. The van der Waals surface area contributed by atoms with Gasteiger partial charge in [0.2, 0.25) is 0 Å². The monoisotopic (exact) mass is 421 g/mol. The first-order valence-electron chi connectivity index (χ1n) is 10.4. The van der Waals surface area contributed by atoms with E-state index < -0.39 is 0 Å². The van der Waals surface area contributed by atoms with Crippen molar-refractivity contribution in [1.29, 1.82) is 0 Å². The molecule has 0 saturated carbocycles. The predicted octanol–water partition coefficient (Wildman–Crippen LogP) is 3.69. The zero-order valence-corrected chi connectivity index (χ0v) is 18.3. The third-order valence-corrected chi connectivity index (χ3v) is 6.88. The number of thiazole rings is 1. The van der Waals surface area contributed by atoms with Gasteiger partial charge >= 0.3 is 0 Å². The smallest absolute Gasteiger partial charge is 0.265 e. The van der Waals surface area contributed by atoms with Gasteiger partial charge in [0.15, 0.2) is 0 Å². The van der Waals surface area contributed by atoms with Crippen molar-refractivity contribution in [3.63, 3.8) is 0 Å². The highest BCUT2D eigenvalue weighted by Gasteiger charge is 2.28. The molecule has 1 saturated heterocycles. The predicted molar refractivity (Wildman–Crippen MR) is 120 cm³/mol. The summed E-state index contributed by atoms with van der Waals surface area (Å²) in [5.41, 5.74) is 2.73. The summed E-state index contributed by atoms with van der Waals surface area (Å²) in [6.45, 7) is 4.94. The van der Waals surface area contributed by atoms with E-state index in [4.69, 9.17) is 0 Å². The first-order valence-corrected chi connectivity index (χ1v) is 11.2. The van der Waals surface area contributed by atoms with Crippen LogP contribution in [0, 0.1) is 6.92 Å². The fourth-order valence-corrected chi connectivity index (χ4v) is 4.89. The largest absolute Gasteiger partial charge is 0.338 e. The number of nitrogens with zero attached hydrogens (tertiary/aromatic N) is 5. The molecule has 1 aliphatic rings. The lowest BCUT2D eigenvalue weighted by Crippen LogP contribution is -2.46. The van der Waals surface area contributed by atoms with E-state index >= 15 is 0 Å². The standard InChI is InChI=1S/C23H27N5OS/c1-17-21(30-22(26-17)20-8-4-6-13-25-20)23(29)27(2)19-10-15-28(16-11-19)14-9-18-7-3-5-12-24-18/h3-8,12-13,19H,9-11,14-16H2,1-2H3. The van der Waals surface area contributed by atoms with E-state index in [2.05, 4.69) is 25.9 Å². The average molecular weight is 422 g/mol. The third kappa shape index (κ3) is 4.74. The Morgan fingerprint density at radius 3 is 2.53 bits per heavy atom. The lowest BCUT2D eigenvalue weighted by Gasteiger charge is -2.36. The minimum Gasteiger partial charge on any atom is -0.338 e. The maximum Gasteiger partial charge on any atom is 0.265 e. The quantitative estimate of drug-likeness (QED) is 0.607. The molecule has 3 aromatic heterocycles. The summed E-state index contributed by atoms with van der Waals surface area (Å²) < 4.78 is 0. The number of hydrogen-bond donors (Lipinski definition) is 0. The van der Waals surface area contributed by atoms with Crippen LogP contribution in [0.1, 0.15) is 33.9 Å². The van der Waals surface area contributed by atoms with Crippen LogP contribution in [-0.4, -0.2) is 63.4 Å². The van der Waals surface area contributed by atoms with Gasteiger partial charge in [-0.1, -0.05) is 12.1 Å². The fraction of sp³-hybridized carbons (Fsp3) is 0.391. The Morgan fingerprint density at radius 2 is 1.87 bits per heavy atom. The van der Waals surface area contributed by atoms with Gasteiger partial charge in [0.05, 0.1) is 11.4 Å². The molecule has 0 bridgehead atoms.